The van der Waals surface area contributed by atoms with Gasteiger partial charge in [-0.25, -0.2) is 9.97 Å². The number of carbonyl (C=O) groups excluding carboxylic acids is 1. The summed E-state index contributed by atoms with van der Waals surface area (Å²) in [4.78, 5) is 18.0. The summed E-state index contributed by atoms with van der Waals surface area (Å²) in [5.74, 6) is -0.283. The van der Waals surface area contributed by atoms with Gasteiger partial charge in [0.1, 0.15) is 0 Å². The van der Waals surface area contributed by atoms with Gasteiger partial charge in [0.05, 0.1) is 0 Å². The molecular formula is C25H29N2O2-. The van der Waals surface area contributed by atoms with Gasteiger partial charge in [-0.3, -0.25) is 0 Å². The van der Waals surface area contributed by atoms with E-state index in [2.05, 4.69) is 65.4 Å². The van der Waals surface area contributed by atoms with Crippen LogP contribution in [-0.4, -0.2) is 15.9 Å². The first-order chi connectivity index (χ1) is 14.1. The van der Waals surface area contributed by atoms with Crippen LogP contribution < -0.4 is 5.11 Å². The number of hydrogen-bond acceptors (Lipinski definition) is 4. The molecule has 0 spiro atoms. The molecule has 0 atom stereocenters. The molecule has 3 rings (SSSR count). The Morgan fingerprint density at radius 1 is 0.793 bits per heavy atom. The molecule has 29 heavy (non-hydrogen) atoms. The van der Waals surface area contributed by atoms with Gasteiger partial charge in [0.25, 0.3) is 0 Å². The van der Waals surface area contributed by atoms with Crippen LogP contribution in [-0.2, 0) is 11.2 Å². The number of aromatic nitrogens is 2. The van der Waals surface area contributed by atoms with Crippen molar-refractivity contribution in [2.24, 2.45) is 0 Å². The fraction of sp³-hybridized carbons (Fsp3) is 0.320. The lowest BCUT2D eigenvalue weighted by atomic mass is 10.0. The Bertz CT molecular complexity index is 840. The molecule has 4 nitrogen and oxygen atoms in total. The van der Waals surface area contributed by atoms with E-state index in [9.17, 15) is 0 Å². The maximum absolute atomic E-state index is 8.89. The third kappa shape index (κ3) is 8.26. The van der Waals surface area contributed by atoms with Crippen molar-refractivity contribution in [1.82, 2.24) is 9.97 Å². The Balaban J connectivity index is 0.000000687. The number of carbonyl (C=O) groups is 1. The first-order valence-electron chi connectivity index (χ1n) is 10.2. The van der Waals surface area contributed by atoms with Crippen molar-refractivity contribution in [3.8, 4) is 22.5 Å². The van der Waals surface area contributed by atoms with E-state index in [4.69, 9.17) is 9.90 Å². The predicted molar refractivity (Wildman–Crippen MR) is 116 cm³/mol. The average Bonchev–Trinajstić information content (AvgIpc) is 2.74. The zero-order chi connectivity index (χ0) is 20.9. The Hall–Kier alpha value is -3.01. The quantitative estimate of drug-likeness (QED) is 0.504. The first kappa shape index (κ1) is 22.3. The summed E-state index contributed by atoms with van der Waals surface area (Å²) in [7, 11) is 0. The van der Waals surface area contributed by atoms with Crippen LogP contribution in [0.4, 0.5) is 0 Å². The molecule has 0 N–H and O–H groups in total. The summed E-state index contributed by atoms with van der Waals surface area (Å²) in [6, 6.07) is 18.9. The second-order valence-corrected chi connectivity index (χ2v) is 7.01. The molecule has 0 amide bonds. The monoisotopic (exact) mass is 389 g/mol. The van der Waals surface area contributed by atoms with Gasteiger partial charge in [-0.05, 0) is 36.5 Å². The smallest absolute Gasteiger partial charge is 0.159 e. The molecule has 0 aliphatic rings. The van der Waals surface area contributed by atoms with E-state index < -0.39 is 5.97 Å². The fourth-order valence-electron chi connectivity index (χ4n) is 3.01. The normalized spacial score (nSPS) is 10.1. The molecule has 0 unspecified atom stereocenters. The highest BCUT2D eigenvalue weighted by Crippen LogP contribution is 2.22. The number of rotatable bonds is 8. The molecule has 0 saturated carbocycles. The Morgan fingerprint density at radius 2 is 1.31 bits per heavy atom. The third-order valence-electron chi connectivity index (χ3n) is 4.52. The van der Waals surface area contributed by atoms with Crippen LogP contribution in [0.2, 0.25) is 0 Å². The molecule has 0 aliphatic carbocycles. The predicted octanol–water partition coefficient (Wildman–Crippen LogP) is 5.08. The SMILES string of the molecule is CC(=O)[O-].CCCCCCCc1cnc(-c2ccc(-c3ccccc3)cc2)nc1. The van der Waals surface area contributed by atoms with Gasteiger partial charge in [0.2, 0.25) is 0 Å². The van der Waals surface area contributed by atoms with Gasteiger partial charge in [-0.2, -0.15) is 0 Å². The maximum Gasteiger partial charge on any atom is 0.159 e. The number of aryl methyl sites for hydroxylation is 1. The Kier molecular flexibility index (Phi) is 9.56. The zero-order valence-electron chi connectivity index (χ0n) is 17.3. The zero-order valence-corrected chi connectivity index (χ0v) is 17.3. The minimum atomic E-state index is -1.08. The lowest BCUT2D eigenvalue weighted by Crippen LogP contribution is -2.16. The molecule has 0 aliphatic heterocycles. The van der Waals surface area contributed by atoms with Gasteiger partial charge >= 0.3 is 0 Å². The fourth-order valence-corrected chi connectivity index (χ4v) is 3.01. The third-order valence-corrected chi connectivity index (χ3v) is 4.52. The minimum absolute atomic E-state index is 0.800. The van der Waals surface area contributed by atoms with Gasteiger partial charge in [0, 0.05) is 23.9 Å². The number of aliphatic carboxylic acids is 1. The molecule has 1 aromatic heterocycles. The molecule has 4 heteroatoms. The van der Waals surface area contributed by atoms with E-state index in [0.29, 0.717) is 0 Å². The summed E-state index contributed by atoms with van der Waals surface area (Å²) < 4.78 is 0. The van der Waals surface area contributed by atoms with E-state index in [-0.39, 0.29) is 0 Å². The van der Waals surface area contributed by atoms with E-state index in [1.807, 2.05) is 18.5 Å². The van der Waals surface area contributed by atoms with Crippen molar-refractivity contribution in [3.63, 3.8) is 0 Å². The highest BCUT2D eigenvalue weighted by atomic mass is 16.4. The van der Waals surface area contributed by atoms with Crippen LogP contribution in [0.5, 0.6) is 0 Å². The standard InChI is InChI=1S/C23H26N2.C2H4O2/c1-2-3-4-5-7-10-19-17-24-23(25-18-19)22-15-13-21(14-16-22)20-11-8-6-9-12-20;1-2(3)4/h6,8-9,11-18H,2-5,7,10H2,1H3;1H3,(H,3,4)/p-1. The second-order valence-electron chi connectivity index (χ2n) is 7.01. The molecule has 1 heterocycles. The first-order valence-corrected chi connectivity index (χ1v) is 10.2. The van der Waals surface area contributed by atoms with E-state index in [1.54, 1.807) is 0 Å². The van der Waals surface area contributed by atoms with Crippen molar-refractivity contribution in [3.05, 3.63) is 72.6 Å². The number of carboxylic acids is 1. The Labute approximate surface area is 173 Å². The average molecular weight is 390 g/mol. The number of nitrogens with zero attached hydrogens (tertiary/aromatic N) is 2. The van der Waals surface area contributed by atoms with Crippen molar-refractivity contribution < 1.29 is 9.90 Å². The summed E-state index contributed by atoms with van der Waals surface area (Å²) in [6.07, 6.45) is 11.5. The number of carboxylic acid groups (broad SMARTS) is 1. The van der Waals surface area contributed by atoms with Crippen LogP contribution in [0.15, 0.2) is 67.0 Å². The summed E-state index contributed by atoms with van der Waals surface area (Å²) in [5.41, 5.74) is 4.75. The number of unbranched alkanes of at least 4 members (excludes halogenated alkanes) is 4. The molecule has 2 aromatic carbocycles. The van der Waals surface area contributed by atoms with Crippen LogP contribution in [0.3, 0.4) is 0 Å². The van der Waals surface area contributed by atoms with Crippen molar-refractivity contribution in [2.75, 3.05) is 0 Å². The Morgan fingerprint density at radius 3 is 1.90 bits per heavy atom. The number of benzene rings is 2. The summed E-state index contributed by atoms with van der Waals surface area (Å²) in [5, 5.41) is 8.89. The lowest BCUT2D eigenvalue weighted by molar-refractivity contribution is -0.302. The highest BCUT2D eigenvalue weighted by molar-refractivity contribution is 5.67. The number of hydrogen-bond donors (Lipinski definition) is 0. The van der Waals surface area contributed by atoms with Crippen LogP contribution >= 0.6 is 0 Å². The highest BCUT2D eigenvalue weighted by Gasteiger charge is 2.03. The molecule has 152 valence electrons. The van der Waals surface area contributed by atoms with Gasteiger partial charge < -0.3 is 9.90 Å². The lowest BCUT2D eigenvalue weighted by Gasteiger charge is -2.05. The van der Waals surface area contributed by atoms with Crippen molar-refractivity contribution in [2.45, 2.75) is 52.4 Å². The molecule has 0 radical (unpaired) electrons. The van der Waals surface area contributed by atoms with Crippen molar-refractivity contribution >= 4 is 5.97 Å². The largest absolute Gasteiger partial charge is 0.550 e. The van der Waals surface area contributed by atoms with Crippen LogP contribution in [0.25, 0.3) is 22.5 Å². The van der Waals surface area contributed by atoms with Crippen molar-refractivity contribution in [1.29, 1.82) is 0 Å². The van der Waals surface area contributed by atoms with Gasteiger partial charge in [-0.1, -0.05) is 87.2 Å². The van der Waals surface area contributed by atoms with Gasteiger partial charge in [0.15, 0.2) is 5.82 Å². The van der Waals surface area contributed by atoms with Crippen LogP contribution in [0, 0.1) is 0 Å². The van der Waals surface area contributed by atoms with E-state index in [0.717, 1.165) is 24.7 Å². The van der Waals surface area contributed by atoms with E-state index >= 15 is 0 Å². The second kappa shape index (κ2) is 12.4. The maximum atomic E-state index is 8.89. The molecular weight excluding hydrogens is 360 g/mol. The summed E-state index contributed by atoms with van der Waals surface area (Å²) >= 11 is 0. The molecule has 0 fully saturated rings. The van der Waals surface area contributed by atoms with Crippen LogP contribution in [0.1, 0.15) is 51.5 Å². The summed E-state index contributed by atoms with van der Waals surface area (Å²) in [6.45, 7) is 3.22. The minimum Gasteiger partial charge on any atom is -0.550 e. The molecule has 0 saturated heterocycles. The molecule has 0 bridgehead atoms. The topological polar surface area (TPSA) is 65.9 Å². The molecule has 3 aromatic rings. The van der Waals surface area contributed by atoms with E-state index in [1.165, 1.54) is 48.8 Å². The van der Waals surface area contributed by atoms with Gasteiger partial charge in [-0.15, -0.1) is 0 Å².